The maximum absolute atomic E-state index is 11.9. The van der Waals surface area contributed by atoms with Gasteiger partial charge in [-0.2, -0.15) is 0 Å². The van der Waals surface area contributed by atoms with Gasteiger partial charge in [-0.25, -0.2) is 9.59 Å². The second-order valence-corrected chi connectivity index (χ2v) is 7.85. The largest absolute Gasteiger partial charge is 0.481 e. The number of rotatable bonds is 17. The third kappa shape index (κ3) is 12.9. The van der Waals surface area contributed by atoms with Crippen molar-refractivity contribution in [1.82, 2.24) is 0 Å². The Morgan fingerprint density at radius 1 is 0.938 bits per heavy atom. The quantitative estimate of drug-likeness (QED) is 0.132. The first kappa shape index (κ1) is 27.4. The minimum atomic E-state index is -1.87. The molecule has 1 unspecified atom stereocenters. The molecule has 0 saturated heterocycles. The molecular weight excluding hydrogens is 410 g/mol. The summed E-state index contributed by atoms with van der Waals surface area (Å²) in [4.78, 5) is 33.9. The Labute approximate surface area is 190 Å². The van der Waals surface area contributed by atoms with Crippen LogP contribution in [0, 0.1) is 0 Å². The van der Waals surface area contributed by atoms with Crippen LogP contribution >= 0.6 is 0 Å². The number of esters is 2. The molecular formula is C25H37NO6. The van der Waals surface area contributed by atoms with Crippen LogP contribution < -0.4 is 5.32 Å². The van der Waals surface area contributed by atoms with E-state index in [-0.39, 0.29) is 5.56 Å². The molecule has 1 atom stereocenters. The second kappa shape index (κ2) is 17.0. The number of aliphatic hydroxyl groups is 1. The number of hydrogen-bond acceptors (Lipinski definition) is 6. The zero-order chi connectivity index (χ0) is 23.6. The smallest absolute Gasteiger partial charge is 0.345 e. The van der Waals surface area contributed by atoms with Crippen LogP contribution in [0.15, 0.2) is 36.4 Å². The van der Waals surface area contributed by atoms with E-state index in [1.807, 2.05) is 0 Å². The van der Waals surface area contributed by atoms with Gasteiger partial charge in [0.1, 0.15) is 0 Å². The fraction of sp³-hybridized carbons (Fsp3) is 0.560. The SMILES string of the molecule is CCCCCCCCCC=CCCCNc1ccc(C(=O)OC(=O)C(O)CC(=O)O)cc1. The maximum atomic E-state index is 11.9. The average molecular weight is 448 g/mol. The highest BCUT2D eigenvalue weighted by Crippen LogP contribution is 2.12. The van der Waals surface area contributed by atoms with Crippen molar-refractivity contribution in [1.29, 1.82) is 0 Å². The first-order valence-corrected chi connectivity index (χ1v) is 11.6. The van der Waals surface area contributed by atoms with Gasteiger partial charge in [-0.1, -0.05) is 57.6 Å². The molecule has 32 heavy (non-hydrogen) atoms. The van der Waals surface area contributed by atoms with Crippen LogP contribution in [0.25, 0.3) is 0 Å². The second-order valence-electron chi connectivity index (χ2n) is 7.85. The van der Waals surface area contributed by atoms with Gasteiger partial charge in [-0.05, 0) is 49.9 Å². The summed E-state index contributed by atoms with van der Waals surface area (Å²) in [6.07, 6.45) is 14.3. The van der Waals surface area contributed by atoms with Crippen molar-refractivity contribution >= 4 is 23.6 Å². The Balaban J connectivity index is 2.17. The summed E-state index contributed by atoms with van der Waals surface area (Å²) in [5.41, 5.74) is 0.977. The van der Waals surface area contributed by atoms with E-state index in [0.717, 1.165) is 31.5 Å². The molecule has 0 radical (unpaired) electrons. The molecule has 1 aromatic carbocycles. The molecule has 178 valence electrons. The third-order valence-corrected chi connectivity index (χ3v) is 4.97. The number of ether oxygens (including phenoxy) is 1. The summed E-state index contributed by atoms with van der Waals surface area (Å²) in [6.45, 7) is 3.04. The van der Waals surface area contributed by atoms with Gasteiger partial charge in [0, 0.05) is 12.2 Å². The Kier molecular flexibility index (Phi) is 14.5. The number of benzene rings is 1. The van der Waals surface area contributed by atoms with Gasteiger partial charge in [-0.3, -0.25) is 4.79 Å². The highest BCUT2D eigenvalue weighted by Gasteiger charge is 2.23. The minimum Gasteiger partial charge on any atom is -0.481 e. The van der Waals surface area contributed by atoms with E-state index in [2.05, 4.69) is 29.1 Å². The van der Waals surface area contributed by atoms with Crippen molar-refractivity contribution < 1.29 is 29.3 Å². The number of hydrogen-bond donors (Lipinski definition) is 3. The summed E-state index contributed by atoms with van der Waals surface area (Å²) in [5, 5.41) is 21.2. The number of carbonyl (C=O) groups is 3. The lowest BCUT2D eigenvalue weighted by Gasteiger charge is -2.08. The number of aliphatic hydroxyl groups excluding tert-OH is 1. The predicted octanol–water partition coefficient (Wildman–Crippen LogP) is 5.09. The number of carbonyl (C=O) groups excluding carboxylic acids is 2. The zero-order valence-electron chi connectivity index (χ0n) is 19.1. The van der Waals surface area contributed by atoms with Crippen molar-refractivity contribution in [3.8, 4) is 0 Å². The van der Waals surface area contributed by atoms with Gasteiger partial charge in [0.25, 0.3) is 0 Å². The molecule has 0 aliphatic heterocycles. The Hall–Kier alpha value is -2.67. The van der Waals surface area contributed by atoms with Gasteiger partial charge in [0.05, 0.1) is 12.0 Å². The van der Waals surface area contributed by atoms with E-state index in [0.29, 0.717) is 0 Å². The van der Waals surface area contributed by atoms with Crippen molar-refractivity contribution in [2.75, 3.05) is 11.9 Å². The van der Waals surface area contributed by atoms with Crippen molar-refractivity contribution in [3.63, 3.8) is 0 Å². The third-order valence-electron chi connectivity index (χ3n) is 4.97. The molecule has 0 spiro atoms. The van der Waals surface area contributed by atoms with Crippen LogP contribution in [-0.2, 0) is 14.3 Å². The van der Waals surface area contributed by atoms with Crippen LogP contribution in [0.2, 0.25) is 0 Å². The van der Waals surface area contributed by atoms with Gasteiger partial charge in [0.15, 0.2) is 6.10 Å². The molecule has 0 aliphatic carbocycles. The van der Waals surface area contributed by atoms with Gasteiger partial charge in [-0.15, -0.1) is 0 Å². The number of carboxylic acids is 1. The molecule has 7 heteroatoms. The normalized spacial score (nSPS) is 11.9. The topological polar surface area (TPSA) is 113 Å². The summed E-state index contributed by atoms with van der Waals surface area (Å²) >= 11 is 0. The molecule has 0 bridgehead atoms. The zero-order valence-corrected chi connectivity index (χ0v) is 19.1. The van der Waals surface area contributed by atoms with Crippen molar-refractivity contribution in [2.45, 2.75) is 83.7 Å². The van der Waals surface area contributed by atoms with Crippen LogP contribution in [0.1, 0.15) is 87.9 Å². The Morgan fingerprint density at radius 3 is 2.16 bits per heavy atom. The molecule has 0 amide bonds. The van der Waals surface area contributed by atoms with E-state index in [4.69, 9.17) is 5.11 Å². The lowest BCUT2D eigenvalue weighted by atomic mass is 10.1. The molecule has 0 saturated carbocycles. The number of allylic oxidation sites excluding steroid dienone is 2. The lowest BCUT2D eigenvalue weighted by molar-refractivity contribution is -0.153. The fourth-order valence-corrected chi connectivity index (χ4v) is 3.10. The van der Waals surface area contributed by atoms with E-state index >= 15 is 0 Å². The van der Waals surface area contributed by atoms with E-state index in [1.165, 1.54) is 57.1 Å². The minimum absolute atomic E-state index is 0.139. The summed E-state index contributed by atoms with van der Waals surface area (Å²) in [6, 6.07) is 6.41. The lowest BCUT2D eigenvalue weighted by Crippen LogP contribution is -2.28. The molecule has 0 fully saturated rings. The summed E-state index contributed by atoms with van der Waals surface area (Å²) in [5.74, 6) is -3.57. The van der Waals surface area contributed by atoms with Gasteiger partial charge in [0.2, 0.25) is 0 Å². The van der Waals surface area contributed by atoms with Gasteiger partial charge >= 0.3 is 17.9 Å². The molecule has 1 aromatic rings. The molecule has 3 N–H and O–H groups in total. The first-order chi connectivity index (χ1) is 15.4. The number of unbranched alkanes of at least 4 members (excludes halogenated alkanes) is 8. The molecule has 7 nitrogen and oxygen atoms in total. The van der Waals surface area contributed by atoms with Crippen molar-refractivity contribution in [2.24, 2.45) is 0 Å². The first-order valence-electron chi connectivity index (χ1n) is 11.6. The van der Waals surface area contributed by atoms with E-state index in [9.17, 15) is 19.5 Å². The average Bonchev–Trinajstić information content (AvgIpc) is 2.76. The van der Waals surface area contributed by atoms with Crippen LogP contribution in [0.4, 0.5) is 5.69 Å². The number of nitrogens with one attached hydrogen (secondary N) is 1. The summed E-state index contributed by atoms with van der Waals surface area (Å²) < 4.78 is 4.50. The number of aliphatic carboxylic acids is 1. The van der Waals surface area contributed by atoms with Crippen molar-refractivity contribution in [3.05, 3.63) is 42.0 Å². The standard InChI is InChI=1S/C25H37NO6/c1-2-3-4-5-6-7-8-9-10-11-12-13-18-26-21-16-14-20(15-17-21)24(30)32-25(31)22(27)19-23(28)29/h10-11,14-17,22,26-27H,2-9,12-13,18-19H2,1H3,(H,28,29). The highest BCUT2D eigenvalue weighted by molar-refractivity contribution is 5.98. The maximum Gasteiger partial charge on any atom is 0.345 e. The summed E-state index contributed by atoms with van der Waals surface area (Å²) in [7, 11) is 0. The van der Waals surface area contributed by atoms with Gasteiger partial charge < -0.3 is 20.3 Å². The predicted molar refractivity (Wildman–Crippen MR) is 125 cm³/mol. The monoisotopic (exact) mass is 447 g/mol. The van der Waals surface area contributed by atoms with Crippen LogP contribution in [0.3, 0.4) is 0 Å². The Bertz CT molecular complexity index is 714. The van der Waals surface area contributed by atoms with E-state index < -0.39 is 30.4 Å². The fourth-order valence-electron chi connectivity index (χ4n) is 3.10. The molecule has 0 aliphatic rings. The Morgan fingerprint density at radius 2 is 1.53 bits per heavy atom. The molecule has 0 heterocycles. The van der Waals surface area contributed by atoms with Crippen LogP contribution in [0.5, 0.6) is 0 Å². The molecule has 1 rings (SSSR count). The number of carboxylic acid groups (broad SMARTS) is 1. The van der Waals surface area contributed by atoms with E-state index in [1.54, 1.807) is 12.1 Å². The number of anilines is 1. The highest BCUT2D eigenvalue weighted by atomic mass is 16.6. The van der Waals surface area contributed by atoms with Crippen LogP contribution in [-0.4, -0.2) is 40.8 Å². The molecule has 0 aromatic heterocycles.